The summed E-state index contributed by atoms with van der Waals surface area (Å²) in [6.07, 6.45) is -1.11. The van der Waals surface area contributed by atoms with Gasteiger partial charge in [-0.1, -0.05) is 6.92 Å². The van der Waals surface area contributed by atoms with Crippen LogP contribution in [0, 0.1) is 0 Å². The minimum Gasteiger partial charge on any atom is -0.384 e. The Morgan fingerprint density at radius 3 is 2.73 bits per heavy atom. The largest absolute Gasteiger partial charge is 0.408 e. The van der Waals surface area contributed by atoms with Gasteiger partial charge in [-0.2, -0.15) is 23.4 Å². The molecule has 122 valence electrons. The normalized spacial score (nSPS) is 13.5. The van der Waals surface area contributed by atoms with Crippen molar-refractivity contribution in [2.75, 3.05) is 13.7 Å². The summed E-state index contributed by atoms with van der Waals surface area (Å²) in [5.74, 6) is 0.332. The lowest BCUT2D eigenvalue weighted by Gasteiger charge is -2.13. The summed E-state index contributed by atoms with van der Waals surface area (Å²) in [5.41, 5.74) is 0. The molecular weight excluding hydrogens is 301 g/mol. The van der Waals surface area contributed by atoms with E-state index in [9.17, 15) is 13.2 Å². The van der Waals surface area contributed by atoms with Crippen molar-refractivity contribution in [1.82, 2.24) is 29.5 Å². The van der Waals surface area contributed by atoms with E-state index in [0.717, 1.165) is 4.68 Å². The fourth-order valence-corrected chi connectivity index (χ4v) is 2.04. The van der Waals surface area contributed by atoms with Gasteiger partial charge in [0, 0.05) is 19.4 Å². The molecule has 0 aromatic carbocycles. The first-order valence-corrected chi connectivity index (χ1v) is 6.70. The Kier molecular flexibility index (Phi) is 5.11. The third kappa shape index (κ3) is 4.52. The summed E-state index contributed by atoms with van der Waals surface area (Å²) in [4.78, 5) is 8.03. The SMILES string of the molecule is COCCc1nc([C@@H](C)Cn2cncn2)n(CC(F)(F)F)n1. The molecule has 2 heterocycles. The average Bonchev–Trinajstić information content (AvgIpc) is 3.04. The lowest BCUT2D eigenvalue weighted by molar-refractivity contribution is -0.143. The van der Waals surface area contributed by atoms with E-state index < -0.39 is 12.7 Å². The number of aromatic nitrogens is 6. The Labute approximate surface area is 125 Å². The molecule has 0 fully saturated rings. The highest BCUT2D eigenvalue weighted by molar-refractivity contribution is 5.00. The number of halogens is 3. The van der Waals surface area contributed by atoms with Crippen LogP contribution < -0.4 is 0 Å². The lowest BCUT2D eigenvalue weighted by atomic mass is 10.1. The van der Waals surface area contributed by atoms with Crippen molar-refractivity contribution in [3.05, 3.63) is 24.3 Å². The number of methoxy groups -OCH3 is 1. The van der Waals surface area contributed by atoms with Gasteiger partial charge >= 0.3 is 6.18 Å². The van der Waals surface area contributed by atoms with Gasteiger partial charge in [0.2, 0.25) is 0 Å². The molecule has 0 N–H and O–H groups in total. The van der Waals surface area contributed by atoms with Gasteiger partial charge < -0.3 is 4.74 Å². The number of ether oxygens (including phenoxy) is 1. The standard InChI is InChI=1S/C12H17F3N6O/c1-9(5-20-8-16-7-17-20)11-18-10(3-4-22-2)19-21(11)6-12(13,14)15/h7-9H,3-6H2,1-2H3/t9-/m0/s1. The van der Waals surface area contributed by atoms with Gasteiger partial charge in [0.05, 0.1) is 13.2 Å². The van der Waals surface area contributed by atoms with Gasteiger partial charge in [-0.25, -0.2) is 14.6 Å². The van der Waals surface area contributed by atoms with Crippen molar-refractivity contribution in [3.8, 4) is 0 Å². The first kappa shape index (κ1) is 16.4. The quantitative estimate of drug-likeness (QED) is 0.772. The molecule has 0 bridgehead atoms. The van der Waals surface area contributed by atoms with E-state index in [4.69, 9.17) is 4.74 Å². The predicted molar refractivity (Wildman–Crippen MR) is 70.1 cm³/mol. The Hall–Kier alpha value is -1.97. The summed E-state index contributed by atoms with van der Waals surface area (Å²) < 4.78 is 45.4. The van der Waals surface area contributed by atoms with Crippen molar-refractivity contribution in [2.45, 2.75) is 38.5 Å². The van der Waals surface area contributed by atoms with Crippen molar-refractivity contribution >= 4 is 0 Å². The van der Waals surface area contributed by atoms with Crippen LogP contribution in [0.4, 0.5) is 13.2 Å². The number of hydrogen-bond donors (Lipinski definition) is 0. The Bertz CT molecular complexity index is 580. The molecule has 0 unspecified atom stereocenters. The zero-order valence-electron chi connectivity index (χ0n) is 12.3. The van der Waals surface area contributed by atoms with E-state index in [0.29, 0.717) is 25.4 Å². The topological polar surface area (TPSA) is 70.7 Å². The monoisotopic (exact) mass is 318 g/mol. The Balaban J connectivity index is 2.20. The second-order valence-electron chi connectivity index (χ2n) is 4.92. The van der Waals surface area contributed by atoms with Gasteiger partial charge in [0.15, 0.2) is 5.82 Å². The van der Waals surface area contributed by atoms with Crippen molar-refractivity contribution in [3.63, 3.8) is 0 Å². The predicted octanol–water partition coefficient (Wildman–Crippen LogP) is 1.42. The van der Waals surface area contributed by atoms with Gasteiger partial charge in [0.1, 0.15) is 25.0 Å². The maximum atomic E-state index is 12.7. The van der Waals surface area contributed by atoms with Gasteiger partial charge in [-0.05, 0) is 0 Å². The minimum atomic E-state index is -4.35. The van der Waals surface area contributed by atoms with Crippen LogP contribution in [0.1, 0.15) is 24.5 Å². The van der Waals surface area contributed by atoms with Crippen molar-refractivity contribution < 1.29 is 17.9 Å². The lowest BCUT2D eigenvalue weighted by Crippen LogP contribution is -2.22. The van der Waals surface area contributed by atoms with Crippen LogP contribution in [0.15, 0.2) is 12.7 Å². The highest BCUT2D eigenvalue weighted by Crippen LogP contribution is 2.22. The van der Waals surface area contributed by atoms with Crippen molar-refractivity contribution in [1.29, 1.82) is 0 Å². The Morgan fingerprint density at radius 2 is 2.14 bits per heavy atom. The van der Waals surface area contributed by atoms with Gasteiger partial charge in [0.25, 0.3) is 0 Å². The van der Waals surface area contributed by atoms with Gasteiger partial charge in [-0.3, -0.25) is 4.68 Å². The van der Waals surface area contributed by atoms with Crippen LogP contribution in [-0.4, -0.2) is 49.4 Å². The molecule has 22 heavy (non-hydrogen) atoms. The van der Waals surface area contributed by atoms with E-state index >= 15 is 0 Å². The highest BCUT2D eigenvalue weighted by Gasteiger charge is 2.31. The van der Waals surface area contributed by atoms with Crippen LogP contribution in [0.25, 0.3) is 0 Å². The molecule has 1 atom stereocenters. The molecule has 0 radical (unpaired) electrons. The third-order valence-corrected chi connectivity index (χ3v) is 2.97. The smallest absolute Gasteiger partial charge is 0.384 e. The molecule has 0 aliphatic carbocycles. The fraction of sp³-hybridized carbons (Fsp3) is 0.667. The van der Waals surface area contributed by atoms with E-state index in [1.165, 1.54) is 19.8 Å². The molecule has 2 rings (SSSR count). The number of nitrogens with zero attached hydrogens (tertiary/aromatic N) is 6. The molecule has 0 saturated heterocycles. The first-order valence-electron chi connectivity index (χ1n) is 6.70. The molecule has 7 nitrogen and oxygen atoms in total. The van der Waals surface area contributed by atoms with Crippen LogP contribution in [0.2, 0.25) is 0 Å². The van der Waals surface area contributed by atoms with E-state index in [-0.39, 0.29) is 11.7 Å². The summed E-state index contributed by atoms with van der Waals surface area (Å²) in [6.45, 7) is 1.34. The highest BCUT2D eigenvalue weighted by atomic mass is 19.4. The second kappa shape index (κ2) is 6.86. The second-order valence-corrected chi connectivity index (χ2v) is 4.92. The zero-order chi connectivity index (χ0) is 16.2. The van der Waals surface area contributed by atoms with Crippen LogP contribution in [0.5, 0.6) is 0 Å². The molecule has 0 saturated carbocycles. The number of hydrogen-bond acceptors (Lipinski definition) is 5. The van der Waals surface area contributed by atoms with Crippen LogP contribution in [-0.2, 0) is 24.2 Å². The van der Waals surface area contributed by atoms with E-state index in [1.54, 1.807) is 11.6 Å². The summed E-state index contributed by atoms with van der Waals surface area (Å²) in [5, 5.41) is 7.89. The average molecular weight is 318 g/mol. The van der Waals surface area contributed by atoms with E-state index in [2.05, 4.69) is 20.2 Å². The molecule has 10 heteroatoms. The fourth-order valence-electron chi connectivity index (χ4n) is 2.04. The third-order valence-electron chi connectivity index (χ3n) is 2.97. The molecular formula is C12H17F3N6O. The molecule has 0 aliphatic rings. The molecule has 2 aromatic rings. The Morgan fingerprint density at radius 1 is 1.36 bits per heavy atom. The summed E-state index contributed by atoms with van der Waals surface area (Å²) >= 11 is 0. The summed E-state index contributed by atoms with van der Waals surface area (Å²) in [7, 11) is 1.51. The van der Waals surface area contributed by atoms with Crippen LogP contribution >= 0.6 is 0 Å². The number of alkyl halides is 3. The maximum absolute atomic E-state index is 12.7. The molecule has 2 aromatic heterocycles. The summed E-state index contributed by atoms with van der Waals surface area (Å²) in [6, 6.07) is 0. The first-order chi connectivity index (χ1) is 10.4. The zero-order valence-corrected chi connectivity index (χ0v) is 12.3. The molecule has 0 aliphatic heterocycles. The van der Waals surface area contributed by atoms with E-state index in [1.807, 2.05) is 0 Å². The van der Waals surface area contributed by atoms with Crippen molar-refractivity contribution in [2.24, 2.45) is 0 Å². The molecule has 0 amide bonds. The minimum absolute atomic E-state index is 0.277. The number of rotatable bonds is 7. The van der Waals surface area contributed by atoms with Gasteiger partial charge in [-0.15, -0.1) is 0 Å². The maximum Gasteiger partial charge on any atom is 0.408 e. The molecule has 0 spiro atoms. The van der Waals surface area contributed by atoms with Crippen LogP contribution in [0.3, 0.4) is 0 Å².